The molecule has 0 bridgehead atoms. The van der Waals surface area contributed by atoms with Crippen molar-refractivity contribution in [2.75, 3.05) is 0 Å². The van der Waals surface area contributed by atoms with Crippen LogP contribution in [0, 0.1) is 0 Å². The van der Waals surface area contributed by atoms with Crippen molar-refractivity contribution in [3.8, 4) is 0 Å². The van der Waals surface area contributed by atoms with E-state index in [0.29, 0.717) is 12.3 Å². The molecule has 0 aliphatic rings. The standard InChI is InChI=1S/C11H7F3N2O4/c12-11(13,14)6-1-2-9(17)16(4-6)5-7-3-8(10(18)19)15-20-7/h1-4H,5H2,(H,18,19). The summed E-state index contributed by atoms with van der Waals surface area (Å²) in [6, 6.07) is 2.48. The first-order chi connectivity index (χ1) is 9.27. The first-order valence-corrected chi connectivity index (χ1v) is 5.24. The molecule has 6 nitrogen and oxygen atoms in total. The molecule has 20 heavy (non-hydrogen) atoms. The average Bonchev–Trinajstić information content (AvgIpc) is 2.79. The molecule has 2 heterocycles. The van der Waals surface area contributed by atoms with Crippen LogP contribution in [-0.4, -0.2) is 20.8 Å². The number of alkyl halides is 3. The largest absolute Gasteiger partial charge is 0.476 e. The van der Waals surface area contributed by atoms with Crippen molar-refractivity contribution < 1.29 is 27.6 Å². The molecule has 0 fully saturated rings. The lowest BCUT2D eigenvalue weighted by atomic mass is 10.2. The summed E-state index contributed by atoms with van der Waals surface area (Å²) >= 11 is 0. The van der Waals surface area contributed by atoms with Gasteiger partial charge in [-0.15, -0.1) is 0 Å². The van der Waals surface area contributed by atoms with E-state index in [1.807, 2.05) is 0 Å². The normalized spacial score (nSPS) is 11.6. The molecule has 0 amide bonds. The number of nitrogens with zero attached hydrogens (tertiary/aromatic N) is 2. The van der Waals surface area contributed by atoms with Gasteiger partial charge in [-0.2, -0.15) is 13.2 Å². The Hall–Kier alpha value is -2.58. The van der Waals surface area contributed by atoms with Crippen molar-refractivity contribution in [1.29, 1.82) is 0 Å². The Kier molecular flexibility index (Phi) is 3.35. The lowest BCUT2D eigenvalue weighted by Gasteiger charge is -2.09. The molecule has 0 saturated carbocycles. The Morgan fingerprint density at radius 1 is 1.40 bits per heavy atom. The third-order valence-corrected chi connectivity index (χ3v) is 2.42. The maximum Gasteiger partial charge on any atom is 0.417 e. The Morgan fingerprint density at radius 3 is 2.65 bits per heavy atom. The molecule has 0 spiro atoms. The predicted octanol–water partition coefficient (Wildman–Crippen LogP) is 1.60. The van der Waals surface area contributed by atoms with Crippen LogP contribution in [0.5, 0.6) is 0 Å². The molecule has 0 radical (unpaired) electrons. The first-order valence-electron chi connectivity index (χ1n) is 5.24. The Labute approximate surface area is 109 Å². The summed E-state index contributed by atoms with van der Waals surface area (Å²) in [4.78, 5) is 22.0. The van der Waals surface area contributed by atoms with Gasteiger partial charge in [0.2, 0.25) is 0 Å². The van der Waals surface area contributed by atoms with E-state index in [1.54, 1.807) is 0 Å². The summed E-state index contributed by atoms with van der Waals surface area (Å²) in [5, 5.41) is 11.8. The SMILES string of the molecule is O=C(O)c1cc(Cn2cc(C(F)(F)F)ccc2=O)on1. The fourth-order valence-corrected chi connectivity index (χ4v) is 1.48. The maximum absolute atomic E-state index is 12.5. The molecule has 1 N–H and O–H groups in total. The van der Waals surface area contributed by atoms with E-state index in [1.165, 1.54) is 0 Å². The Morgan fingerprint density at radius 2 is 2.10 bits per heavy atom. The summed E-state index contributed by atoms with van der Waals surface area (Å²) < 4.78 is 43.0. The van der Waals surface area contributed by atoms with Crippen LogP contribution < -0.4 is 5.56 Å². The van der Waals surface area contributed by atoms with E-state index in [0.717, 1.165) is 16.7 Å². The minimum absolute atomic E-state index is 0.0381. The van der Waals surface area contributed by atoms with Crippen molar-refractivity contribution in [3.63, 3.8) is 0 Å². The van der Waals surface area contributed by atoms with Crippen LogP contribution in [0.15, 0.2) is 33.7 Å². The molecule has 0 aliphatic carbocycles. The van der Waals surface area contributed by atoms with Crippen molar-refractivity contribution in [3.05, 3.63) is 51.8 Å². The number of carbonyl (C=O) groups is 1. The minimum Gasteiger partial charge on any atom is -0.476 e. The molecule has 106 valence electrons. The van der Waals surface area contributed by atoms with E-state index in [4.69, 9.17) is 5.11 Å². The molecule has 0 atom stereocenters. The smallest absolute Gasteiger partial charge is 0.417 e. The van der Waals surface area contributed by atoms with Gasteiger partial charge in [-0.3, -0.25) is 4.79 Å². The maximum atomic E-state index is 12.5. The molecular weight excluding hydrogens is 281 g/mol. The number of aromatic carboxylic acids is 1. The van der Waals surface area contributed by atoms with E-state index >= 15 is 0 Å². The van der Waals surface area contributed by atoms with Gasteiger partial charge in [0.15, 0.2) is 11.5 Å². The average molecular weight is 288 g/mol. The summed E-state index contributed by atoms with van der Waals surface area (Å²) in [5.74, 6) is -1.37. The van der Waals surface area contributed by atoms with Crippen molar-refractivity contribution in [1.82, 2.24) is 9.72 Å². The van der Waals surface area contributed by atoms with Gasteiger partial charge < -0.3 is 14.2 Å². The highest BCUT2D eigenvalue weighted by Crippen LogP contribution is 2.28. The predicted molar refractivity (Wildman–Crippen MR) is 58.3 cm³/mol. The van der Waals surface area contributed by atoms with Gasteiger partial charge >= 0.3 is 12.1 Å². The van der Waals surface area contributed by atoms with Crippen LogP contribution in [-0.2, 0) is 12.7 Å². The van der Waals surface area contributed by atoms with E-state index in [2.05, 4.69) is 9.68 Å². The van der Waals surface area contributed by atoms with Crippen LogP contribution in [0.1, 0.15) is 21.8 Å². The third-order valence-electron chi connectivity index (χ3n) is 2.42. The number of hydrogen-bond acceptors (Lipinski definition) is 4. The van der Waals surface area contributed by atoms with Crippen LogP contribution in [0.25, 0.3) is 0 Å². The molecule has 2 aromatic heterocycles. The van der Waals surface area contributed by atoms with Gasteiger partial charge in [-0.1, -0.05) is 5.16 Å². The highest BCUT2D eigenvalue weighted by Gasteiger charge is 2.31. The second-order valence-electron chi connectivity index (χ2n) is 3.87. The van der Waals surface area contributed by atoms with Gasteiger partial charge in [0, 0.05) is 18.3 Å². The zero-order chi connectivity index (χ0) is 14.9. The Balaban J connectivity index is 2.32. The number of hydrogen-bond donors (Lipinski definition) is 1. The molecule has 9 heteroatoms. The fourth-order valence-electron chi connectivity index (χ4n) is 1.48. The fraction of sp³-hybridized carbons (Fsp3) is 0.182. The van der Waals surface area contributed by atoms with Crippen LogP contribution in [0.4, 0.5) is 13.2 Å². The summed E-state index contributed by atoms with van der Waals surface area (Å²) in [5.41, 5.74) is -2.05. The number of rotatable bonds is 3. The quantitative estimate of drug-likeness (QED) is 0.927. The lowest BCUT2D eigenvalue weighted by Crippen LogP contribution is -2.21. The zero-order valence-corrected chi connectivity index (χ0v) is 9.72. The second kappa shape index (κ2) is 4.83. The van der Waals surface area contributed by atoms with Crippen molar-refractivity contribution in [2.24, 2.45) is 0 Å². The Bertz CT molecular complexity index is 702. The molecule has 0 aliphatic heterocycles. The van der Waals surface area contributed by atoms with Crippen molar-refractivity contribution >= 4 is 5.97 Å². The number of pyridine rings is 1. The minimum atomic E-state index is -4.58. The van der Waals surface area contributed by atoms with E-state index < -0.39 is 23.3 Å². The number of carboxylic acids is 1. The third kappa shape index (κ3) is 2.87. The first kappa shape index (κ1) is 13.8. The topological polar surface area (TPSA) is 85.3 Å². The number of carboxylic acid groups (broad SMARTS) is 1. The summed E-state index contributed by atoms with van der Waals surface area (Å²) in [6.45, 7) is -0.344. The molecule has 2 aromatic rings. The zero-order valence-electron chi connectivity index (χ0n) is 9.72. The van der Waals surface area contributed by atoms with Gasteiger partial charge in [0.25, 0.3) is 5.56 Å². The highest BCUT2D eigenvalue weighted by atomic mass is 19.4. The van der Waals surface area contributed by atoms with E-state index in [9.17, 15) is 22.8 Å². The van der Waals surface area contributed by atoms with E-state index in [-0.39, 0.29) is 18.0 Å². The number of halogens is 3. The lowest BCUT2D eigenvalue weighted by molar-refractivity contribution is -0.138. The molecule has 0 unspecified atom stereocenters. The highest BCUT2D eigenvalue weighted by molar-refractivity contribution is 5.85. The van der Waals surface area contributed by atoms with Crippen LogP contribution in [0.2, 0.25) is 0 Å². The molecule has 0 aromatic carbocycles. The summed E-state index contributed by atoms with van der Waals surface area (Å²) in [7, 11) is 0. The summed E-state index contributed by atoms with van der Waals surface area (Å²) in [6.07, 6.45) is -3.95. The molecule has 0 saturated heterocycles. The number of aromatic nitrogens is 2. The van der Waals surface area contributed by atoms with Gasteiger partial charge in [-0.25, -0.2) is 4.79 Å². The monoisotopic (exact) mass is 288 g/mol. The van der Waals surface area contributed by atoms with Crippen molar-refractivity contribution in [2.45, 2.75) is 12.7 Å². The van der Waals surface area contributed by atoms with Crippen LogP contribution in [0.3, 0.4) is 0 Å². The van der Waals surface area contributed by atoms with Gasteiger partial charge in [-0.05, 0) is 6.07 Å². The van der Waals surface area contributed by atoms with Gasteiger partial charge in [0.05, 0.1) is 12.1 Å². The second-order valence-corrected chi connectivity index (χ2v) is 3.87. The van der Waals surface area contributed by atoms with Gasteiger partial charge in [0.1, 0.15) is 0 Å². The molecule has 2 rings (SSSR count). The molecular formula is C11H7F3N2O4. The van der Waals surface area contributed by atoms with Crippen LogP contribution >= 0.6 is 0 Å².